The minimum atomic E-state index is -4.77. The minimum absolute atomic E-state index is 0.0938. The second kappa shape index (κ2) is 5.65. The average molecular weight is 316 g/mol. The van der Waals surface area contributed by atoms with E-state index in [1.807, 2.05) is 0 Å². The third-order valence-electron chi connectivity index (χ3n) is 2.63. The average Bonchev–Trinajstić information content (AvgIpc) is 2.37. The smallest absolute Gasteiger partial charge is 0.406 e. The van der Waals surface area contributed by atoms with Crippen LogP contribution in [0.1, 0.15) is 10.4 Å². The van der Waals surface area contributed by atoms with E-state index in [4.69, 9.17) is 17.3 Å². The van der Waals surface area contributed by atoms with Crippen molar-refractivity contribution in [3.8, 4) is 16.9 Å². The number of hydrogen-bond acceptors (Lipinski definition) is 2. The van der Waals surface area contributed by atoms with Gasteiger partial charge in [-0.2, -0.15) is 0 Å². The van der Waals surface area contributed by atoms with E-state index in [1.165, 1.54) is 30.3 Å². The first kappa shape index (κ1) is 15.2. The Labute approximate surface area is 123 Å². The highest BCUT2D eigenvalue weighted by Crippen LogP contribution is 2.29. The summed E-state index contributed by atoms with van der Waals surface area (Å²) < 4.78 is 40.4. The highest BCUT2D eigenvalue weighted by atomic mass is 35.5. The van der Waals surface area contributed by atoms with Crippen molar-refractivity contribution in [1.29, 1.82) is 0 Å². The summed E-state index contributed by atoms with van der Waals surface area (Å²) in [5.74, 6) is -1.07. The molecule has 0 saturated heterocycles. The zero-order chi connectivity index (χ0) is 15.6. The van der Waals surface area contributed by atoms with Crippen molar-refractivity contribution in [2.45, 2.75) is 6.36 Å². The molecule has 0 aliphatic heterocycles. The van der Waals surface area contributed by atoms with E-state index in [9.17, 15) is 18.0 Å². The van der Waals surface area contributed by atoms with Crippen LogP contribution in [-0.2, 0) is 0 Å². The van der Waals surface area contributed by atoms with E-state index in [1.54, 1.807) is 12.1 Å². The maximum Gasteiger partial charge on any atom is 0.573 e. The number of rotatable bonds is 3. The SMILES string of the molecule is NC(=O)c1cc(-c2cccc(OC(F)(F)F)c2)ccc1Cl. The monoisotopic (exact) mass is 315 g/mol. The van der Waals surface area contributed by atoms with Crippen LogP contribution >= 0.6 is 11.6 Å². The van der Waals surface area contributed by atoms with Gasteiger partial charge < -0.3 is 10.5 Å². The molecule has 0 aromatic heterocycles. The summed E-state index contributed by atoms with van der Waals surface area (Å²) >= 11 is 5.82. The van der Waals surface area contributed by atoms with Crippen molar-refractivity contribution in [2.24, 2.45) is 5.73 Å². The lowest BCUT2D eigenvalue weighted by Gasteiger charge is -2.10. The van der Waals surface area contributed by atoms with Gasteiger partial charge in [-0.3, -0.25) is 4.79 Å². The van der Waals surface area contributed by atoms with Crippen LogP contribution in [-0.4, -0.2) is 12.3 Å². The molecule has 0 spiro atoms. The fraction of sp³-hybridized carbons (Fsp3) is 0.0714. The summed E-state index contributed by atoms with van der Waals surface area (Å²) in [4.78, 5) is 11.2. The fourth-order valence-corrected chi connectivity index (χ4v) is 1.98. The number of alkyl halides is 3. The lowest BCUT2D eigenvalue weighted by Crippen LogP contribution is -2.17. The van der Waals surface area contributed by atoms with Crippen molar-refractivity contribution in [3.63, 3.8) is 0 Å². The molecule has 2 aromatic carbocycles. The fourth-order valence-electron chi connectivity index (χ4n) is 1.77. The molecule has 21 heavy (non-hydrogen) atoms. The molecule has 0 heterocycles. The minimum Gasteiger partial charge on any atom is -0.406 e. The molecule has 2 aromatic rings. The van der Waals surface area contributed by atoms with E-state index < -0.39 is 12.3 Å². The molecule has 0 fully saturated rings. The molecule has 0 aliphatic rings. The topological polar surface area (TPSA) is 52.3 Å². The number of benzene rings is 2. The Bertz CT molecular complexity index is 686. The van der Waals surface area contributed by atoms with Crippen molar-refractivity contribution < 1.29 is 22.7 Å². The van der Waals surface area contributed by atoms with Gasteiger partial charge in [0, 0.05) is 0 Å². The summed E-state index contributed by atoms with van der Waals surface area (Å²) in [6.45, 7) is 0. The van der Waals surface area contributed by atoms with Crippen LogP contribution in [0.4, 0.5) is 13.2 Å². The van der Waals surface area contributed by atoms with Crippen molar-refractivity contribution in [3.05, 3.63) is 53.1 Å². The van der Waals surface area contributed by atoms with Crippen LogP contribution in [0.5, 0.6) is 5.75 Å². The van der Waals surface area contributed by atoms with Gasteiger partial charge in [0.2, 0.25) is 5.91 Å². The Hall–Kier alpha value is -2.21. The largest absolute Gasteiger partial charge is 0.573 e. The molecule has 0 saturated carbocycles. The van der Waals surface area contributed by atoms with Crippen molar-refractivity contribution >= 4 is 17.5 Å². The van der Waals surface area contributed by atoms with E-state index in [-0.39, 0.29) is 16.3 Å². The Morgan fingerprint density at radius 3 is 2.38 bits per heavy atom. The zero-order valence-electron chi connectivity index (χ0n) is 10.4. The molecule has 3 nitrogen and oxygen atoms in total. The Morgan fingerprint density at radius 2 is 1.76 bits per heavy atom. The lowest BCUT2D eigenvalue weighted by atomic mass is 10.0. The molecule has 0 unspecified atom stereocenters. The molecule has 110 valence electrons. The number of hydrogen-bond donors (Lipinski definition) is 1. The number of halogens is 4. The molecular formula is C14H9ClF3NO2. The van der Waals surface area contributed by atoms with E-state index in [2.05, 4.69) is 4.74 Å². The third kappa shape index (κ3) is 3.88. The second-order valence-corrected chi connectivity index (χ2v) is 4.54. The third-order valence-corrected chi connectivity index (χ3v) is 2.96. The number of carbonyl (C=O) groups is 1. The Kier molecular flexibility index (Phi) is 4.09. The lowest BCUT2D eigenvalue weighted by molar-refractivity contribution is -0.274. The Balaban J connectivity index is 2.41. The van der Waals surface area contributed by atoms with Gasteiger partial charge in [0.15, 0.2) is 0 Å². The number of ether oxygens (including phenoxy) is 1. The van der Waals surface area contributed by atoms with Gasteiger partial charge in [0.1, 0.15) is 5.75 Å². The maximum atomic E-state index is 12.2. The molecule has 2 rings (SSSR count). The summed E-state index contributed by atoms with van der Waals surface area (Å²) in [5.41, 5.74) is 6.21. The summed E-state index contributed by atoms with van der Waals surface area (Å²) in [7, 11) is 0. The number of nitrogens with two attached hydrogens (primary N) is 1. The molecule has 0 atom stereocenters. The van der Waals surface area contributed by atoms with Gasteiger partial charge in [0.25, 0.3) is 0 Å². The predicted octanol–water partition coefficient (Wildman–Crippen LogP) is 4.00. The molecule has 0 aliphatic carbocycles. The van der Waals surface area contributed by atoms with Crippen LogP contribution in [0.3, 0.4) is 0 Å². The van der Waals surface area contributed by atoms with Crippen molar-refractivity contribution in [2.75, 3.05) is 0 Å². The quantitative estimate of drug-likeness (QED) is 0.930. The first-order valence-electron chi connectivity index (χ1n) is 5.72. The molecule has 0 bridgehead atoms. The Morgan fingerprint density at radius 1 is 1.10 bits per heavy atom. The molecule has 7 heteroatoms. The molecule has 2 N–H and O–H groups in total. The van der Waals surface area contributed by atoms with Gasteiger partial charge in [-0.05, 0) is 35.4 Å². The normalized spacial score (nSPS) is 11.2. The molecular weight excluding hydrogens is 307 g/mol. The summed E-state index contributed by atoms with van der Waals surface area (Å²) in [5, 5.41) is 0.175. The van der Waals surface area contributed by atoms with Crippen LogP contribution in [0.15, 0.2) is 42.5 Å². The van der Waals surface area contributed by atoms with Crippen LogP contribution in [0.2, 0.25) is 5.02 Å². The van der Waals surface area contributed by atoms with E-state index >= 15 is 0 Å². The predicted molar refractivity (Wildman–Crippen MR) is 72.1 cm³/mol. The second-order valence-electron chi connectivity index (χ2n) is 4.13. The van der Waals surface area contributed by atoms with Gasteiger partial charge in [-0.25, -0.2) is 0 Å². The van der Waals surface area contributed by atoms with Gasteiger partial charge in [-0.15, -0.1) is 13.2 Å². The molecule has 1 amide bonds. The standard InChI is InChI=1S/C14H9ClF3NO2/c15-12-5-4-9(7-11(12)13(19)20)8-2-1-3-10(6-8)21-14(16,17)18/h1-7H,(H2,19,20). The van der Waals surface area contributed by atoms with Crippen LogP contribution in [0, 0.1) is 0 Å². The number of amides is 1. The first-order chi connectivity index (χ1) is 9.76. The highest BCUT2D eigenvalue weighted by Gasteiger charge is 2.31. The summed E-state index contributed by atoms with van der Waals surface area (Å²) in [6, 6.07) is 9.82. The first-order valence-corrected chi connectivity index (χ1v) is 6.09. The summed E-state index contributed by atoms with van der Waals surface area (Å²) in [6.07, 6.45) is -4.77. The zero-order valence-corrected chi connectivity index (χ0v) is 11.2. The maximum absolute atomic E-state index is 12.2. The van der Waals surface area contributed by atoms with E-state index in [0.29, 0.717) is 11.1 Å². The van der Waals surface area contributed by atoms with E-state index in [0.717, 1.165) is 0 Å². The van der Waals surface area contributed by atoms with Gasteiger partial charge >= 0.3 is 6.36 Å². The van der Waals surface area contributed by atoms with Gasteiger partial charge in [0.05, 0.1) is 10.6 Å². The van der Waals surface area contributed by atoms with Crippen LogP contribution in [0.25, 0.3) is 11.1 Å². The highest BCUT2D eigenvalue weighted by molar-refractivity contribution is 6.33. The number of primary amides is 1. The number of carbonyl (C=O) groups excluding carboxylic acids is 1. The van der Waals surface area contributed by atoms with Gasteiger partial charge in [-0.1, -0.05) is 29.8 Å². The van der Waals surface area contributed by atoms with Crippen molar-refractivity contribution in [1.82, 2.24) is 0 Å². The van der Waals surface area contributed by atoms with Crippen LogP contribution < -0.4 is 10.5 Å². The molecule has 0 radical (unpaired) electrons.